The maximum atomic E-state index is 12.6. The topological polar surface area (TPSA) is 74.2 Å². The van der Waals surface area contributed by atoms with Gasteiger partial charge in [-0.15, -0.1) is 10.2 Å². The second kappa shape index (κ2) is 9.67. The van der Waals surface area contributed by atoms with Crippen LogP contribution in [0.1, 0.15) is 44.9 Å². The first-order valence-electron chi connectivity index (χ1n) is 10.8. The second-order valence-corrected chi connectivity index (χ2v) is 8.03. The number of carbonyl (C=O) groups excluding carboxylic acids is 1. The average Bonchev–Trinajstić information content (AvgIpc) is 2.79. The second-order valence-electron chi connectivity index (χ2n) is 8.03. The molecule has 0 unspecified atom stereocenters. The highest BCUT2D eigenvalue weighted by atomic mass is 16.2. The molecule has 1 aliphatic carbocycles. The maximum Gasteiger partial charge on any atom is 0.222 e. The fourth-order valence-corrected chi connectivity index (χ4v) is 4.27. The number of rotatable bonds is 6. The molecule has 1 N–H and O–H groups in total. The average molecular weight is 395 g/mol. The molecule has 2 aromatic heterocycles. The Balaban J connectivity index is 1.23. The molecule has 4 rings (SSSR count). The predicted octanol–water partition coefficient (Wildman–Crippen LogP) is 3.62. The molecule has 0 atom stereocenters. The minimum absolute atomic E-state index is 0.316. The van der Waals surface area contributed by atoms with Crippen molar-refractivity contribution >= 4 is 23.4 Å². The summed E-state index contributed by atoms with van der Waals surface area (Å²) in [4.78, 5) is 21.0. The van der Waals surface area contributed by atoms with Gasteiger partial charge in [0.15, 0.2) is 11.6 Å². The van der Waals surface area contributed by atoms with Gasteiger partial charge in [0.05, 0.1) is 0 Å². The van der Waals surface area contributed by atoms with Crippen LogP contribution in [0.5, 0.6) is 0 Å². The van der Waals surface area contributed by atoms with Gasteiger partial charge in [-0.1, -0.05) is 38.2 Å². The first kappa shape index (κ1) is 19.6. The highest BCUT2D eigenvalue weighted by Gasteiger charge is 2.23. The monoisotopic (exact) mass is 394 g/mol. The smallest absolute Gasteiger partial charge is 0.222 e. The zero-order valence-electron chi connectivity index (χ0n) is 17.0. The predicted molar refractivity (Wildman–Crippen MR) is 114 cm³/mol. The van der Waals surface area contributed by atoms with Gasteiger partial charge in [0.1, 0.15) is 5.82 Å². The number of pyridine rings is 1. The number of carbonyl (C=O) groups is 1. The summed E-state index contributed by atoms with van der Waals surface area (Å²) in [5.74, 6) is 3.35. The Hall–Kier alpha value is -2.70. The van der Waals surface area contributed by atoms with Crippen LogP contribution < -0.4 is 10.2 Å². The summed E-state index contributed by atoms with van der Waals surface area (Å²) in [6.45, 7) is 3.13. The van der Waals surface area contributed by atoms with Gasteiger partial charge in [0.25, 0.3) is 0 Å². The van der Waals surface area contributed by atoms with Crippen LogP contribution in [0.25, 0.3) is 0 Å². The zero-order valence-corrected chi connectivity index (χ0v) is 17.0. The number of nitrogens with zero attached hydrogens (tertiary/aromatic N) is 5. The van der Waals surface area contributed by atoms with Crippen molar-refractivity contribution < 1.29 is 4.79 Å². The van der Waals surface area contributed by atoms with E-state index in [2.05, 4.69) is 25.4 Å². The van der Waals surface area contributed by atoms with Crippen LogP contribution in [0.15, 0.2) is 36.5 Å². The minimum Gasteiger partial charge on any atom is -0.352 e. The SMILES string of the molecule is O=C(CCC1CCCCC1)N1CCN(c2ccc(Nc3ccccn3)nn2)CC1. The molecule has 7 heteroatoms. The third-order valence-corrected chi connectivity index (χ3v) is 6.02. The molecule has 0 aromatic carbocycles. The van der Waals surface area contributed by atoms with Gasteiger partial charge < -0.3 is 15.1 Å². The van der Waals surface area contributed by atoms with E-state index in [0.29, 0.717) is 18.1 Å². The molecule has 7 nitrogen and oxygen atoms in total. The number of amides is 1. The van der Waals surface area contributed by atoms with Crippen LogP contribution in [-0.4, -0.2) is 52.2 Å². The Morgan fingerprint density at radius 2 is 1.79 bits per heavy atom. The molecule has 1 amide bonds. The lowest BCUT2D eigenvalue weighted by Gasteiger charge is -2.35. The molecule has 0 spiro atoms. The van der Waals surface area contributed by atoms with Crippen molar-refractivity contribution in [2.75, 3.05) is 36.4 Å². The quantitative estimate of drug-likeness (QED) is 0.807. The van der Waals surface area contributed by atoms with Crippen LogP contribution in [-0.2, 0) is 4.79 Å². The maximum absolute atomic E-state index is 12.6. The van der Waals surface area contributed by atoms with E-state index in [9.17, 15) is 4.79 Å². The van der Waals surface area contributed by atoms with Crippen molar-refractivity contribution in [2.24, 2.45) is 5.92 Å². The Bertz CT molecular complexity index is 768. The van der Waals surface area contributed by atoms with Gasteiger partial charge >= 0.3 is 0 Å². The fourth-order valence-electron chi connectivity index (χ4n) is 4.27. The van der Waals surface area contributed by atoms with Crippen LogP contribution in [0.2, 0.25) is 0 Å². The number of nitrogens with one attached hydrogen (secondary N) is 1. The van der Waals surface area contributed by atoms with Crippen LogP contribution in [0, 0.1) is 5.92 Å². The largest absolute Gasteiger partial charge is 0.352 e. The van der Waals surface area contributed by atoms with Crippen molar-refractivity contribution in [2.45, 2.75) is 44.9 Å². The van der Waals surface area contributed by atoms with E-state index in [1.165, 1.54) is 32.1 Å². The lowest BCUT2D eigenvalue weighted by atomic mass is 9.86. The summed E-state index contributed by atoms with van der Waals surface area (Å²) in [7, 11) is 0. The highest BCUT2D eigenvalue weighted by Crippen LogP contribution is 2.27. The molecule has 0 bridgehead atoms. The Labute approximate surface area is 172 Å². The summed E-state index contributed by atoms with van der Waals surface area (Å²) in [5, 5.41) is 11.8. The number of anilines is 3. The van der Waals surface area contributed by atoms with Gasteiger partial charge in [0, 0.05) is 38.8 Å². The molecule has 3 heterocycles. The first-order valence-corrected chi connectivity index (χ1v) is 10.8. The standard InChI is InChI=1S/C22H30N6O/c29-22(12-9-18-6-2-1-3-7-18)28-16-14-27(15-17-28)21-11-10-20(25-26-21)24-19-8-4-5-13-23-19/h4-5,8,10-11,13,18H,1-3,6-7,9,12,14-17H2,(H,23,24,25). The van der Waals surface area contributed by atoms with E-state index < -0.39 is 0 Å². The Morgan fingerprint density at radius 1 is 0.966 bits per heavy atom. The number of hydrogen-bond acceptors (Lipinski definition) is 6. The zero-order chi connectivity index (χ0) is 19.9. The number of aromatic nitrogens is 3. The summed E-state index contributed by atoms with van der Waals surface area (Å²) in [6, 6.07) is 9.57. The molecule has 0 radical (unpaired) electrons. The van der Waals surface area contributed by atoms with Crippen LogP contribution >= 0.6 is 0 Å². The fraction of sp³-hybridized carbons (Fsp3) is 0.545. The molecule has 1 saturated carbocycles. The lowest BCUT2D eigenvalue weighted by Crippen LogP contribution is -2.49. The normalized spacial score (nSPS) is 17.9. The van der Waals surface area contributed by atoms with Crippen molar-refractivity contribution in [3.05, 3.63) is 36.5 Å². The molecule has 2 fully saturated rings. The Kier molecular flexibility index (Phi) is 6.54. The highest BCUT2D eigenvalue weighted by molar-refractivity contribution is 5.76. The lowest BCUT2D eigenvalue weighted by molar-refractivity contribution is -0.131. The van der Waals surface area contributed by atoms with Crippen LogP contribution in [0.4, 0.5) is 17.5 Å². The van der Waals surface area contributed by atoms with Gasteiger partial charge in [-0.2, -0.15) is 0 Å². The molecule has 154 valence electrons. The summed E-state index contributed by atoms with van der Waals surface area (Å²) in [6.07, 6.45) is 10.2. The number of piperazine rings is 1. The van der Waals surface area contributed by atoms with Gasteiger partial charge in [-0.3, -0.25) is 4.79 Å². The van der Waals surface area contributed by atoms with Gasteiger partial charge in [-0.25, -0.2) is 4.98 Å². The van der Waals surface area contributed by atoms with E-state index in [-0.39, 0.29) is 0 Å². The van der Waals surface area contributed by atoms with E-state index in [0.717, 1.165) is 50.2 Å². The molecule has 2 aliphatic rings. The molecular formula is C22H30N6O. The van der Waals surface area contributed by atoms with Crippen LogP contribution in [0.3, 0.4) is 0 Å². The van der Waals surface area contributed by atoms with E-state index in [1.807, 2.05) is 35.2 Å². The van der Waals surface area contributed by atoms with E-state index >= 15 is 0 Å². The third-order valence-electron chi connectivity index (χ3n) is 6.02. The van der Waals surface area contributed by atoms with E-state index in [1.54, 1.807) is 6.20 Å². The molecule has 29 heavy (non-hydrogen) atoms. The Morgan fingerprint density at radius 3 is 2.48 bits per heavy atom. The molecule has 1 aliphatic heterocycles. The minimum atomic E-state index is 0.316. The number of hydrogen-bond donors (Lipinski definition) is 1. The van der Waals surface area contributed by atoms with E-state index in [4.69, 9.17) is 0 Å². The van der Waals surface area contributed by atoms with Crippen molar-refractivity contribution in [3.63, 3.8) is 0 Å². The summed E-state index contributed by atoms with van der Waals surface area (Å²) < 4.78 is 0. The molecular weight excluding hydrogens is 364 g/mol. The van der Waals surface area contributed by atoms with Crippen molar-refractivity contribution in [1.29, 1.82) is 0 Å². The summed E-state index contributed by atoms with van der Waals surface area (Å²) >= 11 is 0. The van der Waals surface area contributed by atoms with Crippen molar-refractivity contribution in [3.8, 4) is 0 Å². The van der Waals surface area contributed by atoms with Crippen molar-refractivity contribution in [1.82, 2.24) is 20.1 Å². The van der Waals surface area contributed by atoms with Gasteiger partial charge in [0.2, 0.25) is 5.91 Å². The third kappa shape index (κ3) is 5.43. The van der Waals surface area contributed by atoms with Gasteiger partial charge in [-0.05, 0) is 36.6 Å². The molecule has 2 aromatic rings. The summed E-state index contributed by atoms with van der Waals surface area (Å²) in [5.41, 5.74) is 0. The molecule has 1 saturated heterocycles. The first-order chi connectivity index (χ1) is 14.3.